The monoisotopic (exact) mass is 273 g/mol. The highest BCUT2D eigenvalue weighted by molar-refractivity contribution is 5.79. The molecule has 1 aromatic heterocycles. The van der Waals surface area contributed by atoms with E-state index < -0.39 is 0 Å². The van der Waals surface area contributed by atoms with E-state index in [1.807, 2.05) is 4.90 Å². The fourth-order valence-corrected chi connectivity index (χ4v) is 3.07. The van der Waals surface area contributed by atoms with Crippen LogP contribution in [0.5, 0.6) is 0 Å². The Morgan fingerprint density at radius 3 is 3.00 bits per heavy atom. The fraction of sp³-hybridized carbons (Fsp3) is 0.625. The quantitative estimate of drug-likeness (QED) is 0.892. The van der Waals surface area contributed by atoms with Gasteiger partial charge in [-0.1, -0.05) is 19.9 Å². The van der Waals surface area contributed by atoms with Gasteiger partial charge in [-0.05, 0) is 30.5 Å². The van der Waals surface area contributed by atoms with E-state index in [9.17, 15) is 4.79 Å². The molecule has 0 spiro atoms. The van der Waals surface area contributed by atoms with Gasteiger partial charge in [0.2, 0.25) is 5.91 Å². The molecule has 1 atom stereocenters. The number of carbonyl (C=O) groups is 1. The Bertz CT molecular complexity index is 506. The van der Waals surface area contributed by atoms with Crippen LogP contribution in [0.4, 0.5) is 0 Å². The minimum atomic E-state index is 0.180. The number of rotatable bonds is 2. The van der Waals surface area contributed by atoms with E-state index in [4.69, 9.17) is 4.98 Å². The topological polar surface area (TPSA) is 45.2 Å². The van der Waals surface area contributed by atoms with Gasteiger partial charge in [-0.15, -0.1) is 0 Å². The molecule has 2 aliphatic heterocycles. The first-order chi connectivity index (χ1) is 9.65. The summed E-state index contributed by atoms with van der Waals surface area (Å²) in [6, 6.07) is 4.26. The molecule has 4 nitrogen and oxygen atoms in total. The molecular weight excluding hydrogens is 250 g/mol. The van der Waals surface area contributed by atoms with Crippen molar-refractivity contribution >= 4 is 5.91 Å². The third-order valence-corrected chi connectivity index (χ3v) is 4.38. The van der Waals surface area contributed by atoms with Gasteiger partial charge in [0.05, 0.1) is 5.92 Å². The summed E-state index contributed by atoms with van der Waals surface area (Å²) in [6.45, 7) is 7.70. The van der Waals surface area contributed by atoms with Crippen LogP contribution >= 0.6 is 0 Å². The Labute approximate surface area is 120 Å². The second kappa shape index (κ2) is 5.52. The molecule has 1 N–H and O–H groups in total. The van der Waals surface area contributed by atoms with Crippen LogP contribution in [0.1, 0.15) is 43.1 Å². The van der Waals surface area contributed by atoms with Gasteiger partial charge in [-0.25, -0.2) is 0 Å². The first kappa shape index (κ1) is 13.6. The number of nitrogens with zero attached hydrogens (tertiary/aromatic N) is 2. The predicted octanol–water partition coefficient (Wildman–Crippen LogP) is 1.70. The van der Waals surface area contributed by atoms with Gasteiger partial charge >= 0.3 is 0 Å². The number of carbonyl (C=O) groups excluding carboxylic acids is 1. The minimum Gasteiger partial charge on any atom is -0.338 e. The Morgan fingerprint density at radius 1 is 1.45 bits per heavy atom. The van der Waals surface area contributed by atoms with Crippen molar-refractivity contribution in [3.63, 3.8) is 0 Å². The summed E-state index contributed by atoms with van der Waals surface area (Å²) in [5.41, 5.74) is 3.56. The molecule has 108 valence electrons. The number of amides is 1. The summed E-state index contributed by atoms with van der Waals surface area (Å²) in [5.74, 6) is 0.956. The highest BCUT2D eigenvalue weighted by Crippen LogP contribution is 2.23. The van der Waals surface area contributed by atoms with E-state index in [-0.39, 0.29) is 5.92 Å². The van der Waals surface area contributed by atoms with E-state index in [2.05, 4.69) is 31.3 Å². The number of nitrogens with one attached hydrogen (secondary N) is 1. The summed E-state index contributed by atoms with van der Waals surface area (Å²) in [7, 11) is 0. The number of hydrogen-bond acceptors (Lipinski definition) is 3. The number of hydrogen-bond donors (Lipinski definition) is 1. The molecule has 0 bridgehead atoms. The average Bonchev–Trinajstić information content (AvgIpc) is 2.99. The van der Waals surface area contributed by atoms with Crippen molar-refractivity contribution in [3.05, 3.63) is 29.1 Å². The average molecular weight is 273 g/mol. The van der Waals surface area contributed by atoms with Gasteiger partial charge in [-0.2, -0.15) is 0 Å². The summed E-state index contributed by atoms with van der Waals surface area (Å²) >= 11 is 0. The SMILES string of the molecule is CC(C)c1ccc2c(n1)CCN(C(=O)[C@H]1CCNC1)C2. The minimum absolute atomic E-state index is 0.180. The third kappa shape index (κ3) is 2.57. The lowest BCUT2D eigenvalue weighted by molar-refractivity contribution is -0.135. The molecule has 20 heavy (non-hydrogen) atoms. The van der Waals surface area contributed by atoms with Gasteiger partial charge in [0.25, 0.3) is 0 Å². The summed E-state index contributed by atoms with van der Waals surface area (Å²) in [6.07, 6.45) is 1.87. The Kier molecular flexibility index (Phi) is 3.74. The zero-order chi connectivity index (χ0) is 14.1. The van der Waals surface area contributed by atoms with Gasteiger partial charge in [0.15, 0.2) is 0 Å². The van der Waals surface area contributed by atoms with E-state index in [1.54, 1.807) is 0 Å². The summed E-state index contributed by atoms with van der Waals surface area (Å²) in [4.78, 5) is 19.2. The Hall–Kier alpha value is -1.42. The largest absolute Gasteiger partial charge is 0.338 e. The van der Waals surface area contributed by atoms with E-state index in [0.29, 0.717) is 11.8 Å². The summed E-state index contributed by atoms with van der Waals surface area (Å²) < 4.78 is 0. The molecule has 1 amide bonds. The molecule has 3 rings (SSSR count). The zero-order valence-corrected chi connectivity index (χ0v) is 12.4. The standard InChI is InChI=1S/C16H23N3O/c1-11(2)14-4-3-13-10-19(8-6-15(13)18-14)16(20)12-5-7-17-9-12/h3-4,11-12,17H,5-10H2,1-2H3/t12-/m0/s1. The third-order valence-electron chi connectivity index (χ3n) is 4.38. The van der Waals surface area contributed by atoms with Crippen LogP contribution in [0.15, 0.2) is 12.1 Å². The van der Waals surface area contributed by atoms with Crippen LogP contribution in [0.25, 0.3) is 0 Å². The van der Waals surface area contributed by atoms with Crippen LogP contribution < -0.4 is 5.32 Å². The highest BCUT2D eigenvalue weighted by Gasteiger charge is 2.29. The Balaban J connectivity index is 1.73. The lowest BCUT2D eigenvalue weighted by Crippen LogP contribution is -2.40. The zero-order valence-electron chi connectivity index (χ0n) is 12.4. The van der Waals surface area contributed by atoms with Gasteiger partial charge in [-0.3, -0.25) is 9.78 Å². The first-order valence-corrected chi connectivity index (χ1v) is 7.63. The van der Waals surface area contributed by atoms with Crippen molar-refractivity contribution in [2.75, 3.05) is 19.6 Å². The van der Waals surface area contributed by atoms with Gasteiger partial charge in [0.1, 0.15) is 0 Å². The van der Waals surface area contributed by atoms with Crippen LogP contribution in [-0.2, 0) is 17.8 Å². The smallest absolute Gasteiger partial charge is 0.227 e. The highest BCUT2D eigenvalue weighted by atomic mass is 16.2. The maximum atomic E-state index is 12.5. The van der Waals surface area contributed by atoms with Crippen LogP contribution in [-0.4, -0.2) is 35.4 Å². The van der Waals surface area contributed by atoms with Gasteiger partial charge in [0, 0.05) is 37.4 Å². The van der Waals surface area contributed by atoms with E-state index in [0.717, 1.165) is 44.7 Å². The maximum Gasteiger partial charge on any atom is 0.227 e. The molecular formula is C16H23N3O. The molecule has 0 unspecified atom stereocenters. The maximum absolute atomic E-state index is 12.5. The van der Waals surface area contributed by atoms with Crippen molar-refractivity contribution in [1.82, 2.24) is 15.2 Å². The normalized spacial score (nSPS) is 22.1. The van der Waals surface area contributed by atoms with E-state index >= 15 is 0 Å². The lowest BCUT2D eigenvalue weighted by atomic mass is 10.00. The van der Waals surface area contributed by atoms with Gasteiger partial charge < -0.3 is 10.2 Å². The molecule has 1 fully saturated rings. The van der Waals surface area contributed by atoms with Crippen molar-refractivity contribution in [2.24, 2.45) is 5.92 Å². The summed E-state index contributed by atoms with van der Waals surface area (Å²) in [5, 5.41) is 3.27. The van der Waals surface area contributed by atoms with Crippen molar-refractivity contribution in [2.45, 2.75) is 39.2 Å². The lowest BCUT2D eigenvalue weighted by Gasteiger charge is -2.30. The molecule has 3 heterocycles. The number of pyridine rings is 1. The van der Waals surface area contributed by atoms with Crippen molar-refractivity contribution in [3.8, 4) is 0 Å². The van der Waals surface area contributed by atoms with Crippen LogP contribution in [0, 0.1) is 5.92 Å². The van der Waals surface area contributed by atoms with Crippen molar-refractivity contribution < 1.29 is 4.79 Å². The number of fused-ring (bicyclic) bond motifs is 1. The molecule has 0 saturated carbocycles. The predicted molar refractivity (Wildman–Crippen MR) is 78.4 cm³/mol. The van der Waals surface area contributed by atoms with Crippen LogP contribution in [0.3, 0.4) is 0 Å². The van der Waals surface area contributed by atoms with E-state index in [1.165, 1.54) is 11.3 Å². The molecule has 2 aliphatic rings. The van der Waals surface area contributed by atoms with Crippen LogP contribution in [0.2, 0.25) is 0 Å². The number of aromatic nitrogens is 1. The molecule has 1 aromatic rings. The molecule has 1 saturated heterocycles. The molecule has 0 aromatic carbocycles. The molecule has 0 aliphatic carbocycles. The second-order valence-electron chi connectivity index (χ2n) is 6.20. The first-order valence-electron chi connectivity index (χ1n) is 7.63. The van der Waals surface area contributed by atoms with Crippen molar-refractivity contribution in [1.29, 1.82) is 0 Å². The molecule has 4 heteroatoms. The Morgan fingerprint density at radius 2 is 2.30 bits per heavy atom. The second-order valence-corrected chi connectivity index (χ2v) is 6.20. The molecule has 0 radical (unpaired) electrons. The fourth-order valence-electron chi connectivity index (χ4n) is 3.07.